The van der Waals surface area contributed by atoms with E-state index in [0.29, 0.717) is 38.5 Å². The largest absolute Gasteiger partial charge is 0.467 e. The summed E-state index contributed by atoms with van der Waals surface area (Å²) in [7, 11) is 3.20. The molecule has 1 amide bonds. The Bertz CT molecular complexity index is 841. The number of fused-ring (bicyclic) bond motifs is 2. The lowest BCUT2D eigenvalue weighted by Gasteiger charge is -2.43. The highest BCUT2D eigenvalue weighted by molar-refractivity contribution is 5.90. The van der Waals surface area contributed by atoms with E-state index < -0.39 is 5.60 Å². The lowest BCUT2D eigenvalue weighted by Crippen LogP contribution is -2.49. The molecule has 4 heterocycles. The van der Waals surface area contributed by atoms with Crippen LogP contribution in [0.3, 0.4) is 0 Å². The van der Waals surface area contributed by atoms with Crippen LogP contribution in [-0.4, -0.2) is 62.3 Å². The number of likely N-dealkylation sites (tertiary alicyclic amines) is 1. The van der Waals surface area contributed by atoms with Crippen molar-refractivity contribution in [1.29, 1.82) is 0 Å². The molecule has 138 valence electrons. The van der Waals surface area contributed by atoms with Crippen molar-refractivity contribution in [3.63, 3.8) is 0 Å². The number of methoxy groups -OCH3 is 1. The van der Waals surface area contributed by atoms with Crippen molar-refractivity contribution in [2.45, 2.75) is 31.8 Å². The Morgan fingerprint density at radius 1 is 1.31 bits per heavy atom. The van der Waals surface area contributed by atoms with Crippen LogP contribution in [0, 0.1) is 6.92 Å². The van der Waals surface area contributed by atoms with Crippen molar-refractivity contribution < 1.29 is 14.3 Å². The summed E-state index contributed by atoms with van der Waals surface area (Å²) in [6.07, 6.45) is 4.14. The molecule has 0 aromatic carbocycles. The first-order valence-corrected chi connectivity index (χ1v) is 8.74. The van der Waals surface area contributed by atoms with E-state index in [0.717, 1.165) is 23.5 Å². The summed E-state index contributed by atoms with van der Waals surface area (Å²) in [4.78, 5) is 27.6. The van der Waals surface area contributed by atoms with Crippen molar-refractivity contribution in [2.24, 2.45) is 7.05 Å². The molecule has 9 heteroatoms. The number of carbonyl (C=O) groups excluding carboxylic acids is 1. The minimum atomic E-state index is -0.423. The third kappa shape index (κ3) is 2.72. The minimum Gasteiger partial charge on any atom is -0.467 e. The van der Waals surface area contributed by atoms with E-state index in [-0.39, 0.29) is 11.7 Å². The van der Waals surface area contributed by atoms with Gasteiger partial charge in [0.05, 0.1) is 19.4 Å². The van der Waals surface area contributed by atoms with Crippen molar-refractivity contribution in [1.82, 2.24) is 29.6 Å². The Hall–Kier alpha value is -2.55. The van der Waals surface area contributed by atoms with E-state index >= 15 is 0 Å². The first-order chi connectivity index (χ1) is 12.5. The molecule has 1 saturated heterocycles. The van der Waals surface area contributed by atoms with Crippen LogP contribution in [0.5, 0.6) is 6.01 Å². The van der Waals surface area contributed by atoms with E-state index in [1.807, 2.05) is 13.1 Å². The number of amides is 1. The number of hydrogen-bond acceptors (Lipinski definition) is 7. The second-order valence-corrected chi connectivity index (χ2v) is 6.72. The summed E-state index contributed by atoms with van der Waals surface area (Å²) in [5.74, 6) is 0.717. The Kier molecular flexibility index (Phi) is 4.10. The zero-order chi connectivity index (χ0) is 18.3. The predicted molar refractivity (Wildman–Crippen MR) is 90.8 cm³/mol. The van der Waals surface area contributed by atoms with Gasteiger partial charge in [0.1, 0.15) is 11.4 Å². The standard InChI is InChI=1S/C17H22N6O3/c1-11-18-10-12-4-9-26-17(13(12)19-11)5-7-23(8-6-17)15(24)14-20-16(25-3)22(2)21-14/h10H,4-9H2,1-3H3. The maximum atomic E-state index is 12.7. The first kappa shape index (κ1) is 16.9. The number of piperidine rings is 1. The molecular weight excluding hydrogens is 336 g/mol. The van der Waals surface area contributed by atoms with Gasteiger partial charge in [0.2, 0.25) is 5.82 Å². The number of hydrogen-bond donors (Lipinski definition) is 0. The van der Waals surface area contributed by atoms with Gasteiger partial charge in [-0.2, -0.15) is 4.98 Å². The molecule has 0 bridgehead atoms. The highest BCUT2D eigenvalue weighted by atomic mass is 16.5. The maximum absolute atomic E-state index is 12.7. The molecule has 0 N–H and O–H groups in total. The Labute approximate surface area is 151 Å². The van der Waals surface area contributed by atoms with Gasteiger partial charge in [-0.15, -0.1) is 5.10 Å². The van der Waals surface area contributed by atoms with Gasteiger partial charge in [-0.25, -0.2) is 14.6 Å². The number of carbonyl (C=O) groups is 1. The number of aryl methyl sites for hydroxylation is 2. The summed E-state index contributed by atoms with van der Waals surface area (Å²) in [6, 6.07) is 0.318. The predicted octanol–water partition coefficient (Wildman–Crippen LogP) is 0.626. The van der Waals surface area contributed by atoms with Crippen LogP contribution in [0.25, 0.3) is 0 Å². The van der Waals surface area contributed by atoms with Gasteiger partial charge in [0.15, 0.2) is 0 Å². The first-order valence-electron chi connectivity index (χ1n) is 8.74. The zero-order valence-corrected chi connectivity index (χ0v) is 15.2. The van der Waals surface area contributed by atoms with E-state index in [2.05, 4.69) is 20.1 Å². The van der Waals surface area contributed by atoms with E-state index in [9.17, 15) is 4.79 Å². The van der Waals surface area contributed by atoms with Crippen LogP contribution >= 0.6 is 0 Å². The number of aromatic nitrogens is 5. The molecule has 0 aliphatic carbocycles. The van der Waals surface area contributed by atoms with E-state index in [1.165, 1.54) is 11.8 Å². The number of rotatable bonds is 2. The fraction of sp³-hybridized carbons (Fsp3) is 0.588. The second-order valence-electron chi connectivity index (χ2n) is 6.72. The molecule has 1 fully saturated rings. The SMILES string of the molecule is COc1nc(C(=O)N2CCC3(CC2)OCCc2cnc(C)nc23)nn1C. The summed E-state index contributed by atoms with van der Waals surface area (Å²) in [6.45, 7) is 3.69. The lowest BCUT2D eigenvalue weighted by molar-refractivity contribution is -0.0969. The van der Waals surface area contributed by atoms with Crippen molar-refractivity contribution in [2.75, 3.05) is 26.8 Å². The zero-order valence-electron chi connectivity index (χ0n) is 15.2. The van der Waals surface area contributed by atoms with Gasteiger partial charge in [-0.05, 0) is 31.7 Å². The minimum absolute atomic E-state index is 0.156. The Morgan fingerprint density at radius 2 is 2.08 bits per heavy atom. The monoisotopic (exact) mass is 358 g/mol. The average molecular weight is 358 g/mol. The van der Waals surface area contributed by atoms with Gasteiger partial charge >= 0.3 is 6.01 Å². The van der Waals surface area contributed by atoms with Crippen LogP contribution in [0.4, 0.5) is 0 Å². The lowest BCUT2D eigenvalue weighted by atomic mass is 9.83. The molecule has 26 heavy (non-hydrogen) atoms. The van der Waals surface area contributed by atoms with Crippen molar-refractivity contribution in [3.05, 3.63) is 29.1 Å². The summed E-state index contributed by atoms with van der Waals surface area (Å²) < 4.78 is 12.7. The van der Waals surface area contributed by atoms with Crippen LogP contribution in [0.1, 0.15) is 40.5 Å². The molecule has 0 unspecified atom stereocenters. The van der Waals surface area contributed by atoms with Crippen LogP contribution < -0.4 is 4.74 Å². The molecule has 1 spiro atoms. The van der Waals surface area contributed by atoms with Crippen molar-refractivity contribution in [3.8, 4) is 6.01 Å². The molecule has 2 aliphatic rings. The van der Waals surface area contributed by atoms with Gasteiger partial charge in [0, 0.05) is 26.3 Å². The smallest absolute Gasteiger partial charge is 0.314 e. The maximum Gasteiger partial charge on any atom is 0.314 e. The molecule has 2 aromatic rings. The van der Waals surface area contributed by atoms with E-state index in [4.69, 9.17) is 9.47 Å². The molecule has 4 rings (SSSR count). The highest BCUT2D eigenvalue weighted by Gasteiger charge is 2.43. The van der Waals surface area contributed by atoms with Gasteiger partial charge in [0.25, 0.3) is 5.91 Å². The summed E-state index contributed by atoms with van der Waals surface area (Å²) in [5.41, 5.74) is 1.71. The molecule has 0 radical (unpaired) electrons. The van der Waals surface area contributed by atoms with Crippen molar-refractivity contribution >= 4 is 5.91 Å². The van der Waals surface area contributed by atoms with Crippen LogP contribution in [-0.2, 0) is 23.8 Å². The molecule has 0 atom stereocenters. The molecule has 9 nitrogen and oxygen atoms in total. The molecule has 2 aliphatic heterocycles. The summed E-state index contributed by atoms with van der Waals surface area (Å²) >= 11 is 0. The Balaban J connectivity index is 1.53. The fourth-order valence-electron chi connectivity index (χ4n) is 3.73. The van der Waals surface area contributed by atoms with Gasteiger partial charge in [-0.1, -0.05) is 0 Å². The van der Waals surface area contributed by atoms with Crippen LogP contribution in [0.2, 0.25) is 0 Å². The van der Waals surface area contributed by atoms with Gasteiger partial charge < -0.3 is 14.4 Å². The fourth-order valence-corrected chi connectivity index (χ4v) is 3.73. The highest BCUT2D eigenvalue weighted by Crippen LogP contribution is 2.40. The molecular formula is C17H22N6O3. The second kappa shape index (κ2) is 6.31. The van der Waals surface area contributed by atoms with Crippen LogP contribution in [0.15, 0.2) is 6.20 Å². The number of ether oxygens (including phenoxy) is 2. The molecule has 2 aromatic heterocycles. The summed E-state index contributed by atoms with van der Waals surface area (Å²) in [5, 5.41) is 4.15. The quantitative estimate of drug-likeness (QED) is 0.777. The third-order valence-corrected chi connectivity index (χ3v) is 5.12. The third-order valence-electron chi connectivity index (χ3n) is 5.12. The Morgan fingerprint density at radius 3 is 2.77 bits per heavy atom. The van der Waals surface area contributed by atoms with E-state index in [1.54, 1.807) is 11.9 Å². The van der Waals surface area contributed by atoms with Gasteiger partial charge in [-0.3, -0.25) is 4.79 Å². The normalized spacial score (nSPS) is 18.7. The topological polar surface area (TPSA) is 95.3 Å². The molecule has 0 saturated carbocycles. The average Bonchev–Trinajstić information content (AvgIpc) is 3.03. The number of nitrogens with zero attached hydrogens (tertiary/aromatic N) is 6.